The molecule has 0 bridgehead atoms. The standard InChI is InChI=1S/C9H12N2O5/c1-3-15-5-8(13)16-11-6(2)4-7(12)10-9(11)14/h4H,3,5H2,1-2H3,(H,10,12,14). The van der Waals surface area contributed by atoms with Crippen molar-refractivity contribution in [1.82, 2.24) is 9.71 Å². The summed E-state index contributed by atoms with van der Waals surface area (Å²) in [5, 5.41) is 0. The normalized spacial score (nSPS) is 10.1. The van der Waals surface area contributed by atoms with Crippen molar-refractivity contribution in [2.75, 3.05) is 13.2 Å². The van der Waals surface area contributed by atoms with Gasteiger partial charge in [0.15, 0.2) is 0 Å². The lowest BCUT2D eigenvalue weighted by molar-refractivity contribution is -0.150. The Labute approximate surface area is 90.6 Å². The number of H-pyrrole nitrogens is 1. The molecule has 88 valence electrons. The molecule has 1 heterocycles. The first-order chi connectivity index (χ1) is 7.54. The molecular weight excluding hydrogens is 216 g/mol. The van der Waals surface area contributed by atoms with Gasteiger partial charge in [-0.1, -0.05) is 0 Å². The Balaban J connectivity index is 2.86. The zero-order chi connectivity index (χ0) is 12.1. The highest BCUT2D eigenvalue weighted by atomic mass is 16.7. The number of aromatic nitrogens is 2. The SMILES string of the molecule is CCOCC(=O)On1c(C)cc(=O)[nH]c1=O. The van der Waals surface area contributed by atoms with Crippen LogP contribution in [-0.2, 0) is 9.53 Å². The molecule has 7 heteroatoms. The number of aromatic amines is 1. The molecule has 0 saturated heterocycles. The van der Waals surface area contributed by atoms with Crippen molar-refractivity contribution in [2.24, 2.45) is 0 Å². The lowest BCUT2D eigenvalue weighted by Crippen LogP contribution is -2.38. The Morgan fingerprint density at radius 1 is 1.50 bits per heavy atom. The second kappa shape index (κ2) is 5.26. The van der Waals surface area contributed by atoms with Crippen molar-refractivity contribution in [2.45, 2.75) is 13.8 Å². The van der Waals surface area contributed by atoms with Gasteiger partial charge in [0.2, 0.25) is 0 Å². The van der Waals surface area contributed by atoms with Crippen molar-refractivity contribution in [1.29, 1.82) is 0 Å². The predicted octanol–water partition coefficient (Wildman–Crippen LogP) is -1.16. The van der Waals surface area contributed by atoms with Crippen molar-refractivity contribution < 1.29 is 14.4 Å². The largest absolute Gasteiger partial charge is 0.370 e. The van der Waals surface area contributed by atoms with Gasteiger partial charge in [-0.2, -0.15) is 0 Å². The van der Waals surface area contributed by atoms with Gasteiger partial charge in [-0.3, -0.25) is 9.78 Å². The topological polar surface area (TPSA) is 90.4 Å². The molecule has 0 aliphatic rings. The third kappa shape index (κ3) is 3.06. The van der Waals surface area contributed by atoms with Crippen LogP contribution in [0.25, 0.3) is 0 Å². The van der Waals surface area contributed by atoms with E-state index in [2.05, 4.69) is 0 Å². The summed E-state index contributed by atoms with van der Waals surface area (Å²) in [5.74, 6) is -0.709. The van der Waals surface area contributed by atoms with Crippen LogP contribution in [0.5, 0.6) is 0 Å². The number of nitrogens with zero attached hydrogens (tertiary/aromatic N) is 1. The first-order valence-electron chi connectivity index (χ1n) is 4.66. The van der Waals surface area contributed by atoms with Gasteiger partial charge < -0.3 is 9.57 Å². The molecule has 0 unspecified atom stereocenters. The maximum atomic E-state index is 11.3. The van der Waals surface area contributed by atoms with Gasteiger partial charge in [-0.15, -0.1) is 4.73 Å². The molecular formula is C9H12N2O5. The van der Waals surface area contributed by atoms with Crippen molar-refractivity contribution in [3.8, 4) is 0 Å². The van der Waals surface area contributed by atoms with Gasteiger partial charge in [0.05, 0.1) is 5.69 Å². The second-order valence-electron chi connectivity index (χ2n) is 2.97. The number of ether oxygens (including phenoxy) is 1. The maximum Gasteiger partial charge on any atom is 0.362 e. The highest BCUT2D eigenvalue weighted by Gasteiger charge is 2.08. The van der Waals surface area contributed by atoms with Gasteiger partial charge in [0, 0.05) is 12.7 Å². The molecule has 0 aromatic carbocycles. The number of nitrogens with one attached hydrogen (secondary N) is 1. The van der Waals surface area contributed by atoms with Gasteiger partial charge in [0.1, 0.15) is 6.61 Å². The number of hydrogen-bond acceptors (Lipinski definition) is 5. The van der Waals surface area contributed by atoms with Gasteiger partial charge in [-0.05, 0) is 13.8 Å². The van der Waals surface area contributed by atoms with Crippen LogP contribution in [0.15, 0.2) is 15.7 Å². The fraction of sp³-hybridized carbons (Fsp3) is 0.444. The summed E-state index contributed by atoms with van der Waals surface area (Å²) in [4.78, 5) is 40.0. The van der Waals surface area contributed by atoms with Crippen LogP contribution in [0, 0.1) is 6.92 Å². The lowest BCUT2D eigenvalue weighted by atomic mass is 10.4. The van der Waals surface area contributed by atoms with Gasteiger partial charge in [0.25, 0.3) is 5.56 Å². The Morgan fingerprint density at radius 3 is 2.75 bits per heavy atom. The number of rotatable bonds is 4. The Bertz CT molecular complexity index is 487. The second-order valence-corrected chi connectivity index (χ2v) is 2.97. The van der Waals surface area contributed by atoms with E-state index in [0.717, 1.165) is 6.07 Å². The van der Waals surface area contributed by atoms with Crippen LogP contribution in [0.1, 0.15) is 12.6 Å². The molecule has 0 radical (unpaired) electrons. The summed E-state index contributed by atoms with van der Waals surface area (Å²) in [5.41, 5.74) is -1.10. The van der Waals surface area contributed by atoms with E-state index in [4.69, 9.17) is 9.57 Å². The molecule has 0 spiro atoms. The molecule has 0 saturated carbocycles. The molecule has 0 amide bonds. The fourth-order valence-electron chi connectivity index (χ4n) is 1.03. The third-order valence-electron chi connectivity index (χ3n) is 1.69. The fourth-order valence-corrected chi connectivity index (χ4v) is 1.03. The first kappa shape index (κ1) is 12.2. The summed E-state index contributed by atoms with van der Waals surface area (Å²) in [6.45, 7) is 3.32. The van der Waals surface area contributed by atoms with E-state index >= 15 is 0 Å². The molecule has 1 N–H and O–H groups in total. The Morgan fingerprint density at radius 2 is 2.19 bits per heavy atom. The minimum absolute atomic E-state index is 0.235. The Hall–Kier alpha value is -1.89. The lowest BCUT2D eigenvalue weighted by Gasteiger charge is -2.07. The summed E-state index contributed by atoms with van der Waals surface area (Å²) in [7, 11) is 0. The number of hydrogen-bond donors (Lipinski definition) is 1. The summed E-state index contributed by atoms with van der Waals surface area (Å²) >= 11 is 0. The molecule has 1 aromatic heterocycles. The van der Waals surface area contributed by atoms with Crippen LogP contribution in [0.4, 0.5) is 0 Å². The molecule has 0 fully saturated rings. The summed E-state index contributed by atoms with van der Waals surface area (Å²) in [6.07, 6.45) is 0. The average molecular weight is 228 g/mol. The zero-order valence-corrected chi connectivity index (χ0v) is 8.98. The van der Waals surface area contributed by atoms with Crippen LogP contribution in [0.2, 0.25) is 0 Å². The number of carbonyl (C=O) groups is 1. The minimum Gasteiger partial charge on any atom is -0.370 e. The quantitative estimate of drug-likeness (QED) is 0.701. The first-order valence-corrected chi connectivity index (χ1v) is 4.66. The van der Waals surface area contributed by atoms with E-state index in [9.17, 15) is 14.4 Å². The van der Waals surface area contributed by atoms with Gasteiger partial charge in [-0.25, -0.2) is 9.59 Å². The van der Waals surface area contributed by atoms with Crippen LogP contribution < -0.4 is 16.1 Å². The molecule has 7 nitrogen and oxygen atoms in total. The van der Waals surface area contributed by atoms with E-state index < -0.39 is 17.2 Å². The van der Waals surface area contributed by atoms with Crippen LogP contribution >= 0.6 is 0 Å². The maximum absolute atomic E-state index is 11.3. The van der Waals surface area contributed by atoms with E-state index in [1.165, 1.54) is 6.92 Å². The van der Waals surface area contributed by atoms with Crippen molar-refractivity contribution in [3.05, 3.63) is 32.6 Å². The molecule has 1 rings (SSSR count). The predicted molar refractivity (Wildman–Crippen MR) is 54.1 cm³/mol. The van der Waals surface area contributed by atoms with Crippen molar-refractivity contribution >= 4 is 5.97 Å². The molecule has 0 aliphatic carbocycles. The van der Waals surface area contributed by atoms with E-state index in [1.54, 1.807) is 6.92 Å². The van der Waals surface area contributed by atoms with Crippen LogP contribution in [0.3, 0.4) is 0 Å². The molecule has 1 aromatic rings. The van der Waals surface area contributed by atoms with Gasteiger partial charge >= 0.3 is 11.7 Å². The average Bonchev–Trinajstić information content (AvgIpc) is 2.20. The van der Waals surface area contributed by atoms with Crippen molar-refractivity contribution in [3.63, 3.8) is 0 Å². The Kier molecular flexibility index (Phi) is 4.01. The highest BCUT2D eigenvalue weighted by molar-refractivity contribution is 5.70. The minimum atomic E-state index is -0.796. The molecule has 16 heavy (non-hydrogen) atoms. The summed E-state index contributed by atoms with van der Waals surface area (Å²) < 4.78 is 5.52. The van der Waals surface area contributed by atoms with Crippen LogP contribution in [-0.4, -0.2) is 28.9 Å². The highest BCUT2D eigenvalue weighted by Crippen LogP contribution is 1.86. The van der Waals surface area contributed by atoms with E-state index in [1.807, 2.05) is 4.98 Å². The smallest absolute Gasteiger partial charge is 0.362 e. The zero-order valence-electron chi connectivity index (χ0n) is 8.98. The number of aryl methyl sites for hydroxylation is 1. The summed E-state index contributed by atoms with van der Waals surface area (Å²) in [6, 6.07) is 1.15. The monoisotopic (exact) mass is 228 g/mol. The molecule has 0 aliphatic heterocycles. The van der Waals surface area contributed by atoms with E-state index in [0.29, 0.717) is 11.3 Å². The third-order valence-corrected chi connectivity index (χ3v) is 1.69. The van der Waals surface area contributed by atoms with E-state index in [-0.39, 0.29) is 12.3 Å². The number of carbonyl (C=O) groups excluding carboxylic acids is 1. The molecule has 0 atom stereocenters.